The largest absolute Gasteiger partial charge is 0.398 e. The third-order valence-electron chi connectivity index (χ3n) is 2.66. The molecule has 17 heavy (non-hydrogen) atoms. The Morgan fingerprint density at radius 2 is 1.47 bits per heavy atom. The van der Waals surface area contributed by atoms with E-state index in [1.54, 1.807) is 5.01 Å². The Morgan fingerprint density at radius 3 is 2.18 bits per heavy atom. The van der Waals surface area contributed by atoms with E-state index in [0.717, 1.165) is 17.8 Å². The molecule has 2 aromatic carbocycles. The van der Waals surface area contributed by atoms with Crippen molar-refractivity contribution in [3.63, 3.8) is 0 Å². The number of rotatable bonds is 4. The van der Waals surface area contributed by atoms with Gasteiger partial charge in [-0.05, 0) is 17.2 Å². The molecule has 0 aliphatic rings. The van der Waals surface area contributed by atoms with Crippen molar-refractivity contribution in [1.29, 1.82) is 0 Å². The first-order valence-corrected chi connectivity index (χ1v) is 5.62. The van der Waals surface area contributed by atoms with Crippen LogP contribution < -0.4 is 11.6 Å². The van der Waals surface area contributed by atoms with E-state index in [4.69, 9.17) is 11.6 Å². The highest BCUT2D eigenvalue weighted by molar-refractivity contribution is 5.46. The van der Waals surface area contributed by atoms with Crippen molar-refractivity contribution in [3.05, 3.63) is 65.7 Å². The van der Waals surface area contributed by atoms with Crippen LogP contribution in [0, 0.1) is 0 Å². The summed E-state index contributed by atoms with van der Waals surface area (Å²) in [4.78, 5) is 0. The molecule has 0 fully saturated rings. The Balaban J connectivity index is 1.98. The Bertz CT molecular complexity index is 468. The number of hydrogen-bond donors (Lipinski definition) is 2. The number of nitrogens with two attached hydrogens (primary N) is 2. The fourth-order valence-corrected chi connectivity index (χ4v) is 1.77. The Labute approximate surface area is 102 Å². The maximum atomic E-state index is 5.98. The maximum absolute atomic E-state index is 5.98. The van der Waals surface area contributed by atoms with Gasteiger partial charge in [-0.1, -0.05) is 48.5 Å². The first kappa shape index (κ1) is 11.6. The van der Waals surface area contributed by atoms with Crippen LogP contribution in [0.5, 0.6) is 0 Å². The molecule has 0 bridgehead atoms. The number of nitrogens with zero attached hydrogens (tertiary/aromatic N) is 1. The smallest absolute Gasteiger partial charge is 0.0403 e. The SMILES string of the molecule is Nc1ccccc1CN(N)Cc1ccccc1. The quantitative estimate of drug-likeness (QED) is 0.478. The third-order valence-corrected chi connectivity index (χ3v) is 2.66. The first-order valence-electron chi connectivity index (χ1n) is 5.62. The number of nitrogen functional groups attached to an aromatic ring is 1. The highest BCUT2D eigenvalue weighted by Gasteiger charge is 2.04. The average Bonchev–Trinajstić information content (AvgIpc) is 2.33. The Morgan fingerprint density at radius 1 is 0.824 bits per heavy atom. The Kier molecular flexibility index (Phi) is 3.75. The van der Waals surface area contributed by atoms with Gasteiger partial charge in [0, 0.05) is 18.8 Å². The van der Waals surface area contributed by atoms with E-state index in [1.165, 1.54) is 5.56 Å². The maximum Gasteiger partial charge on any atom is 0.0403 e. The summed E-state index contributed by atoms with van der Waals surface area (Å²) in [6, 6.07) is 18.0. The lowest BCUT2D eigenvalue weighted by Gasteiger charge is -2.17. The van der Waals surface area contributed by atoms with Crippen LogP contribution in [0.3, 0.4) is 0 Å². The summed E-state index contributed by atoms with van der Waals surface area (Å²) in [7, 11) is 0. The molecule has 0 saturated heterocycles. The van der Waals surface area contributed by atoms with Crippen LogP contribution >= 0.6 is 0 Å². The molecule has 0 atom stereocenters. The van der Waals surface area contributed by atoms with Crippen molar-refractivity contribution in [2.75, 3.05) is 5.73 Å². The van der Waals surface area contributed by atoms with E-state index >= 15 is 0 Å². The molecule has 2 rings (SSSR count). The summed E-state index contributed by atoms with van der Waals surface area (Å²) in [5, 5.41) is 1.76. The number of benzene rings is 2. The van der Waals surface area contributed by atoms with E-state index in [-0.39, 0.29) is 0 Å². The van der Waals surface area contributed by atoms with Gasteiger partial charge in [-0.2, -0.15) is 0 Å². The summed E-state index contributed by atoms with van der Waals surface area (Å²) < 4.78 is 0. The highest BCUT2D eigenvalue weighted by Crippen LogP contribution is 2.13. The second-order valence-electron chi connectivity index (χ2n) is 4.09. The van der Waals surface area contributed by atoms with E-state index in [2.05, 4.69) is 12.1 Å². The average molecular weight is 227 g/mol. The van der Waals surface area contributed by atoms with Crippen molar-refractivity contribution < 1.29 is 0 Å². The molecule has 0 aliphatic heterocycles. The lowest BCUT2D eigenvalue weighted by Crippen LogP contribution is -2.30. The second-order valence-corrected chi connectivity index (χ2v) is 4.09. The van der Waals surface area contributed by atoms with Crippen molar-refractivity contribution >= 4 is 5.69 Å². The van der Waals surface area contributed by atoms with Crippen molar-refractivity contribution in [2.45, 2.75) is 13.1 Å². The van der Waals surface area contributed by atoms with Crippen molar-refractivity contribution in [2.24, 2.45) is 5.84 Å². The molecule has 0 heterocycles. The molecule has 0 unspecified atom stereocenters. The van der Waals surface area contributed by atoms with Crippen LogP contribution in [-0.4, -0.2) is 5.01 Å². The van der Waals surface area contributed by atoms with Crippen LogP contribution in [0.2, 0.25) is 0 Å². The highest BCUT2D eigenvalue weighted by atomic mass is 15.4. The summed E-state index contributed by atoms with van der Waals surface area (Å²) in [5.41, 5.74) is 8.93. The van der Waals surface area contributed by atoms with Gasteiger partial charge in [-0.3, -0.25) is 5.84 Å². The van der Waals surface area contributed by atoms with E-state index < -0.39 is 0 Å². The standard InChI is InChI=1S/C14H17N3/c15-14-9-5-4-8-13(14)11-17(16)10-12-6-2-1-3-7-12/h1-9H,10-11,15-16H2. The number of para-hydroxylation sites is 1. The molecule has 0 aliphatic carbocycles. The first-order chi connectivity index (χ1) is 8.25. The number of hydrazine groups is 1. The summed E-state index contributed by atoms with van der Waals surface area (Å²) in [6.45, 7) is 1.37. The van der Waals surface area contributed by atoms with Crippen LogP contribution in [0.1, 0.15) is 11.1 Å². The van der Waals surface area contributed by atoms with Gasteiger partial charge in [0.2, 0.25) is 0 Å². The molecule has 0 aromatic heterocycles. The summed E-state index contributed by atoms with van der Waals surface area (Å²) in [6.07, 6.45) is 0. The van der Waals surface area contributed by atoms with Crippen LogP contribution in [-0.2, 0) is 13.1 Å². The van der Waals surface area contributed by atoms with Crippen LogP contribution in [0.25, 0.3) is 0 Å². The zero-order valence-electron chi connectivity index (χ0n) is 9.71. The van der Waals surface area contributed by atoms with Gasteiger partial charge < -0.3 is 5.73 Å². The molecular formula is C14H17N3. The zero-order valence-corrected chi connectivity index (χ0v) is 9.71. The van der Waals surface area contributed by atoms with Crippen molar-refractivity contribution in [3.8, 4) is 0 Å². The monoisotopic (exact) mass is 227 g/mol. The minimum absolute atomic E-state index is 0.654. The zero-order chi connectivity index (χ0) is 12.1. The molecule has 4 N–H and O–H groups in total. The fourth-order valence-electron chi connectivity index (χ4n) is 1.77. The van der Waals surface area contributed by atoms with Gasteiger partial charge in [0.15, 0.2) is 0 Å². The molecule has 88 valence electrons. The molecular weight excluding hydrogens is 210 g/mol. The van der Waals surface area contributed by atoms with Gasteiger partial charge in [0.25, 0.3) is 0 Å². The predicted octanol–water partition coefficient (Wildman–Crippen LogP) is 2.14. The molecule has 0 radical (unpaired) electrons. The number of hydrogen-bond acceptors (Lipinski definition) is 3. The van der Waals surface area contributed by atoms with Gasteiger partial charge in [0.1, 0.15) is 0 Å². The van der Waals surface area contributed by atoms with Gasteiger partial charge >= 0.3 is 0 Å². The van der Waals surface area contributed by atoms with Gasteiger partial charge in [-0.25, -0.2) is 5.01 Å². The third kappa shape index (κ3) is 3.31. The lowest BCUT2D eigenvalue weighted by molar-refractivity contribution is 0.266. The predicted molar refractivity (Wildman–Crippen MR) is 70.7 cm³/mol. The molecule has 2 aromatic rings. The normalized spacial score (nSPS) is 10.7. The lowest BCUT2D eigenvalue weighted by atomic mass is 10.1. The minimum Gasteiger partial charge on any atom is -0.398 e. The summed E-state index contributed by atoms with van der Waals surface area (Å²) >= 11 is 0. The van der Waals surface area contributed by atoms with Gasteiger partial charge in [-0.15, -0.1) is 0 Å². The van der Waals surface area contributed by atoms with Gasteiger partial charge in [0.05, 0.1) is 0 Å². The molecule has 0 spiro atoms. The molecule has 3 heteroatoms. The Hall–Kier alpha value is -1.84. The topological polar surface area (TPSA) is 55.3 Å². The number of anilines is 1. The van der Waals surface area contributed by atoms with E-state index in [0.29, 0.717) is 6.54 Å². The molecule has 0 saturated carbocycles. The molecule has 0 amide bonds. The fraction of sp³-hybridized carbons (Fsp3) is 0.143. The van der Waals surface area contributed by atoms with Crippen LogP contribution in [0.15, 0.2) is 54.6 Å². The van der Waals surface area contributed by atoms with E-state index in [9.17, 15) is 0 Å². The second kappa shape index (κ2) is 5.48. The van der Waals surface area contributed by atoms with Crippen molar-refractivity contribution in [1.82, 2.24) is 5.01 Å². The van der Waals surface area contributed by atoms with E-state index in [1.807, 2.05) is 42.5 Å². The molecule has 3 nitrogen and oxygen atoms in total. The minimum atomic E-state index is 0.654. The summed E-state index contributed by atoms with van der Waals surface area (Å²) in [5.74, 6) is 5.98. The van der Waals surface area contributed by atoms with Crippen LogP contribution in [0.4, 0.5) is 5.69 Å².